The highest BCUT2D eigenvalue weighted by Gasteiger charge is 2.60. The molecule has 0 aliphatic carbocycles. The van der Waals surface area contributed by atoms with Crippen molar-refractivity contribution in [1.82, 2.24) is 19.9 Å². The van der Waals surface area contributed by atoms with Gasteiger partial charge in [-0.1, -0.05) is 6.58 Å². The minimum absolute atomic E-state index is 0.232. The molecule has 0 spiro atoms. The molecule has 0 bridgehead atoms. The monoisotopic (exact) mass is 670 g/mol. The number of esters is 3. The van der Waals surface area contributed by atoms with Crippen LogP contribution in [0, 0.1) is 23.8 Å². The van der Waals surface area contributed by atoms with Crippen LogP contribution < -0.4 is 0 Å². The van der Waals surface area contributed by atoms with Crippen LogP contribution in [0.3, 0.4) is 0 Å². The van der Waals surface area contributed by atoms with Crippen LogP contribution in [0.4, 0.5) is 17.6 Å². The van der Waals surface area contributed by atoms with Crippen LogP contribution >= 0.6 is 0 Å². The maximum Gasteiger partial charge on any atom is 0.343 e. The number of nitrogens with zero attached hydrogens (tertiary/aromatic N) is 4. The van der Waals surface area contributed by atoms with Crippen molar-refractivity contribution in [3.63, 3.8) is 0 Å². The highest BCUT2D eigenvalue weighted by molar-refractivity contribution is 5.91. The Bertz CT molecular complexity index is 1870. The summed E-state index contributed by atoms with van der Waals surface area (Å²) in [5.41, 5.74) is -2.23. The smallest absolute Gasteiger partial charge is 0.343 e. The molecule has 1 fully saturated rings. The van der Waals surface area contributed by atoms with Gasteiger partial charge in [-0.15, -0.1) is 0 Å². The van der Waals surface area contributed by atoms with Gasteiger partial charge in [-0.2, -0.15) is 17.6 Å². The van der Waals surface area contributed by atoms with Crippen LogP contribution in [-0.2, 0) is 23.7 Å². The normalized spacial score (nSPS) is 20.1. The summed E-state index contributed by atoms with van der Waals surface area (Å²) in [7, 11) is 0. The molecular formula is C31H22F4N4O9. The summed E-state index contributed by atoms with van der Waals surface area (Å²) in [6, 6.07) is 9.34. The molecule has 0 radical (unpaired) electrons. The van der Waals surface area contributed by atoms with Crippen molar-refractivity contribution in [3.05, 3.63) is 126 Å². The van der Waals surface area contributed by atoms with E-state index >= 15 is 0 Å². The Morgan fingerprint density at radius 3 is 1.62 bits per heavy atom. The number of carbonyl (C=O) groups excluding carboxylic acids is 3. The molecule has 0 unspecified atom stereocenters. The molecule has 4 aromatic rings. The van der Waals surface area contributed by atoms with Crippen LogP contribution in [0.25, 0.3) is 5.76 Å². The Morgan fingerprint density at radius 2 is 1.15 bits per heavy atom. The van der Waals surface area contributed by atoms with Gasteiger partial charge in [-0.3, -0.25) is 0 Å². The Morgan fingerprint density at radius 1 is 0.708 bits per heavy atom. The molecule has 1 N–H and O–H groups in total. The molecule has 1 aliphatic rings. The average Bonchev–Trinajstić information content (AvgIpc) is 3.32. The minimum Gasteiger partial charge on any atom is -0.488 e. The first-order chi connectivity index (χ1) is 23.0. The van der Waals surface area contributed by atoms with E-state index in [-0.39, 0.29) is 11.3 Å². The molecule has 1 saturated heterocycles. The first-order valence-electron chi connectivity index (χ1n) is 13.7. The van der Waals surface area contributed by atoms with Crippen LogP contribution in [0.5, 0.6) is 0 Å². The minimum atomic E-state index is -2.84. The van der Waals surface area contributed by atoms with Crippen molar-refractivity contribution < 1.29 is 60.7 Å². The Hall–Kier alpha value is -5.81. The SMILES string of the molecule is C=C(OC[C@@]1(O)O[C@H](COC(=O)c2cccnc2F)[C@@H](OC(=O)c2cccnc2F)[C@@H]1OC(=O)c1cccnc1F)c1cccnc1F. The Balaban J connectivity index is 1.49. The maximum absolute atomic E-state index is 14.4. The molecule has 17 heteroatoms. The third kappa shape index (κ3) is 7.26. The number of carbonyl (C=O) groups is 3. The summed E-state index contributed by atoms with van der Waals surface area (Å²) in [6.07, 6.45) is -1.52. The molecule has 48 heavy (non-hydrogen) atoms. The second-order valence-electron chi connectivity index (χ2n) is 9.87. The van der Waals surface area contributed by atoms with E-state index in [0.29, 0.717) is 0 Å². The summed E-state index contributed by atoms with van der Waals surface area (Å²) < 4.78 is 84.3. The highest BCUT2D eigenvalue weighted by Crippen LogP contribution is 2.37. The van der Waals surface area contributed by atoms with E-state index in [9.17, 15) is 37.1 Å². The van der Waals surface area contributed by atoms with E-state index in [2.05, 4.69) is 26.5 Å². The van der Waals surface area contributed by atoms with Gasteiger partial charge in [0.05, 0.1) is 5.56 Å². The van der Waals surface area contributed by atoms with Gasteiger partial charge in [0.1, 0.15) is 41.8 Å². The van der Waals surface area contributed by atoms with Crippen molar-refractivity contribution in [1.29, 1.82) is 0 Å². The zero-order valence-corrected chi connectivity index (χ0v) is 24.3. The lowest BCUT2D eigenvalue weighted by Crippen LogP contribution is -2.50. The lowest BCUT2D eigenvalue weighted by atomic mass is 10.0. The van der Waals surface area contributed by atoms with E-state index in [1.807, 2.05) is 0 Å². The van der Waals surface area contributed by atoms with Crippen LogP contribution in [0.2, 0.25) is 0 Å². The summed E-state index contributed by atoms with van der Waals surface area (Å²) in [5, 5.41) is 11.7. The molecule has 4 aromatic heterocycles. The molecule has 5 rings (SSSR count). The fourth-order valence-corrected chi connectivity index (χ4v) is 4.47. The molecule has 1 aliphatic heterocycles. The molecule has 13 nitrogen and oxygen atoms in total. The first kappa shape index (κ1) is 33.6. The van der Waals surface area contributed by atoms with Gasteiger partial charge < -0.3 is 28.8 Å². The molecule has 0 saturated carbocycles. The lowest BCUT2D eigenvalue weighted by molar-refractivity contribution is -0.246. The molecule has 4 atom stereocenters. The van der Waals surface area contributed by atoms with Crippen LogP contribution in [-0.4, -0.2) is 80.3 Å². The van der Waals surface area contributed by atoms with E-state index in [1.165, 1.54) is 30.3 Å². The second-order valence-corrected chi connectivity index (χ2v) is 9.87. The lowest BCUT2D eigenvalue weighted by Gasteiger charge is -2.30. The van der Waals surface area contributed by atoms with Crippen molar-refractivity contribution >= 4 is 23.7 Å². The number of aromatic nitrogens is 4. The van der Waals surface area contributed by atoms with Crippen molar-refractivity contribution in [2.24, 2.45) is 0 Å². The summed E-state index contributed by atoms with van der Waals surface area (Å²) in [6.45, 7) is 1.65. The number of hydrogen-bond donors (Lipinski definition) is 1. The molecular weight excluding hydrogens is 648 g/mol. The largest absolute Gasteiger partial charge is 0.488 e. The molecule has 5 heterocycles. The summed E-state index contributed by atoms with van der Waals surface area (Å²) in [4.78, 5) is 52.5. The first-order valence-corrected chi connectivity index (χ1v) is 13.7. The van der Waals surface area contributed by atoms with Crippen molar-refractivity contribution in [3.8, 4) is 0 Å². The average molecular weight is 671 g/mol. The Labute approximate surface area is 267 Å². The number of aliphatic hydroxyl groups is 1. The van der Waals surface area contributed by atoms with Gasteiger partial charge in [0.15, 0.2) is 12.2 Å². The fraction of sp³-hybridized carbons (Fsp3) is 0.194. The van der Waals surface area contributed by atoms with Gasteiger partial charge in [-0.25, -0.2) is 34.3 Å². The maximum atomic E-state index is 14.4. The van der Waals surface area contributed by atoms with Gasteiger partial charge in [0.25, 0.3) is 0 Å². The van der Waals surface area contributed by atoms with Gasteiger partial charge in [0, 0.05) is 24.8 Å². The van der Waals surface area contributed by atoms with E-state index in [1.54, 1.807) is 0 Å². The van der Waals surface area contributed by atoms with Crippen LogP contribution in [0.15, 0.2) is 79.9 Å². The zero-order chi connectivity index (χ0) is 34.4. The van der Waals surface area contributed by atoms with Gasteiger partial charge in [-0.05, 0) is 48.5 Å². The molecule has 0 amide bonds. The third-order valence-corrected chi connectivity index (χ3v) is 6.77. The van der Waals surface area contributed by atoms with Crippen molar-refractivity contribution in [2.75, 3.05) is 13.2 Å². The van der Waals surface area contributed by atoms with Crippen LogP contribution in [0.1, 0.15) is 36.6 Å². The second kappa shape index (κ2) is 14.3. The summed E-state index contributed by atoms with van der Waals surface area (Å²) >= 11 is 0. The fourth-order valence-electron chi connectivity index (χ4n) is 4.47. The standard InChI is InChI=1S/C31H22F4N4O9/c1-16(17-6-2-10-36-24(17)32)45-15-31(43)23(47-30(42)20-9-5-13-39-27(20)35)22(46-29(41)19-8-4-12-38-26(19)34)21(48-31)14-44-28(40)18-7-3-11-37-25(18)33/h2-13,21-23,43H,1,14-15H2/t21-,22-,23+,31-/m1/s1. The topological polar surface area (TPSA) is 169 Å². The Kier molecular flexibility index (Phi) is 10.0. The number of hydrogen-bond acceptors (Lipinski definition) is 13. The van der Waals surface area contributed by atoms with E-state index in [4.69, 9.17) is 23.7 Å². The summed E-state index contributed by atoms with van der Waals surface area (Å²) in [5.74, 6) is -12.0. The quantitative estimate of drug-likeness (QED) is 0.0813. The number of halogens is 4. The zero-order valence-electron chi connectivity index (χ0n) is 24.3. The van der Waals surface area contributed by atoms with Gasteiger partial charge >= 0.3 is 17.9 Å². The number of pyridine rings is 4. The van der Waals surface area contributed by atoms with E-state index < -0.39 is 95.7 Å². The van der Waals surface area contributed by atoms with Crippen molar-refractivity contribution in [2.45, 2.75) is 24.1 Å². The predicted molar refractivity (Wildman–Crippen MR) is 150 cm³/mol. The molecule has 248 valence electrons. The number of rotatable bonds is 11. The molecule has 0 aromatic carbocycles. The van der Waals surface area contributed by atoms with E-state index in [0.717, 1.165) is 43.0 Å². The van der Waals surface area contributed by atoms with Gasteiger partial charge in [0.2, 0.25) is 29.6 Å². The highest BCUT2D eigenvalue weighted by atomic mass is 19.1. The third-order valence-electron chi connectivity index (χ3n) is 6.77. The predicted octanol–water partition coefficient (Wildman–Crippen LogP) is 3.21. The number of ether oxygens (including phenoxy) is 5.